The van der Waals surface area contributed by atoms with Crippen LogP contribution < -0.4 is 5.32 Å². The third kappa shape index (κ3) is 6.03. The number of carbonyl (C=O) groups excluding carboxylic acids is 3. The molecule has 2 aliphatic rings. The first-order valence-electron chi connectivity index (χ1n) is 15.4. The fourth-order valence-electron chi connectivity index (χ4n) is 6.32. The standard InChI is InChI=1S/C34H34ClF2N5O5S/c1-33(2,3)46-31(44)39-29-20(14-38)24-18(7-8-22(36)28(24)48-29)25-23(37)13-19-27-26(25)21(35)16-40(27)10-9-17-15-41(11-12-42(17)30(19)43)32(45)47-34(4,5)6/h7-8,13,16-17H,9-12,15H2,1-6H3,(H,39,44)/t17-/m0/s1. The van der Waals surface area contributed by atoms with E-state index < -0.39 is 40.9 Å². The number of carbonyl (C=O) groups is 3. The number of amides is 3. The van der Waals surface area contributed by atoms with Gasteiger partial charge in [-0.2, -0.15) is 5.26 Å². The highest BCUT2D eigenvalue weighted by molar-refractivity contribution is 7.23. The van der Waals surface area contributed by atoms with Crippen molar-refractivity contribution < 1.29 is 32.6 Å². The Balaban J connectivity index is 1.45. The summed E-state index contributed by atoms with van der Waals surface area (Å²) in [6.07, 6.45) is 0.828. The number of aromatic nitrogens is 1. The van der Waals surface area contributed by atoms with Crippen LogP contribution in [0.1, 0.15) is 63.9 Å². The predicted octanol–water partition coefficient (Wildman–Crippen LogP) is 8.14. The number of fused-ring (bicyclic) bond motifs is 2. The van der Waals surface area contributed by atoms with Gasteiger partial charge in [0.2, 0.25) is 0 Å². The summed E-state index contributed by atoms with van der Waals surface area (Å²) < 4.78 is 44.5. The smallest absolute Gasteiger partial charge is 0.412 e. The lowest BCUT2D eigenvalue weighted by molar-refractivity contribution is 0.00286. The molecule has 3 amide bonds. The van der Waals surface area contributed by atoms with Crippen molar-refractivity contribution in [3.8, 4) is 17.2 Å². The van der Waals surface area contributed by atoms with Crippen molar-refractivity contribution in [2.24, 2.45) is 0 Å². The van der Waals surface area contributed by atoms with Crippen molar-refractivity contribution in [1.82, 2.24) is 14.4 Å². The number of aryl methyl sites for hydroxylation is 1. The van der Waals surface area contributed by atoms with E-state index in [2.05, 4.69) is 5.32 Å². The Morgan fingerprint density at radius 1 is 1.02 bits per heavy atom. The quantitative estimate of drug-likeness (QED) is 0.226. The van der Waals surface area contributed by atoms with E-state index in [4.69, 9.17) is 21.1 Å². The summed E-state index contributed by atoms with van der Waals surface area (Å²) in [6.45, 7) is 11.6. The fraction of sp³-hybridized carbons (Fsp3) is 0.412. The minimum atomic E-state index is -0.830. The molecule has 4 aromatic rings. The number of rotatable bonds is 2. The Hall–Kier alpha value is -4.41. The van der Waals surface area contributed by atoms with E-state index in [1.807, 2.05) is 6.07 Å². The lowest BCUT2D eigenvalue weighted by Crippen LogP contribution is -2.57. The minimum absolute atomic E-state index is 0.000265. The first kappa shape index (κ1) is 33.5. The maximum Gasteiger partial charge on any atom is 0.412 e. The van der Waals surface area contributed by atoms with Gasteiger partial charge in [0.15, 0.2) is 0 Å². The number of halogens is 3. The molecule has 1 fully saturated rings. The number of nitrogens with one attached hydrogen (secondary N) is 1. The second kappa shape index (κ2) is 11.9. The van der Waals surface area contributed by atoms with Gasteiger partial charge in [0, 0.05) is 48.7 Å². The molecule has 10 nitrogen and oxygen atoms in total. The summed E-state index contributed by atoms with van der Waals surface area (Å²) in [6, 6.07) is 5.39. The van der Waals surface area contributed by atoms with Crippen molar-refractivity contribution in [2.45, 2.75) is 71.8 Å². The van der Waals surface area contributed by atoms with Gasteiger partial charge in [-0.1, -0.05) is 17.7 Å². The molecule has 0 aliphatic carbocycles. The van der Waals surface area contributed by atoms with Crippen molar-refractivity contribution in [1.29, 1.82) is 5.26 Å². The molecule has 2 aromatic carbocycles. The van der Waals surface area contributed by atoms with Crippen LogP contribution in [-0.2, 0) is 16.0 Å². The van der Waals surface area contributed by atoms with E-state index in [1.165, 1.54) is 12.1 Å². The molecule has 1 N–H and O–H groups in total. The lowest BCUT2D eigenvalue weighted by Gasteiger charge is -2.42. The van der Waals surface area contributed by atoms with E-state index in [1.54, 1.807) is 62.1 Å². The summed E-state index contributed by atoms with van der Waals surface area (Å²) in [5, 5.41) is 13.3. The van der Waals surface area contributed by atoms with Gasteiger partial charge in [0.1, 0.15) is 33.9 Å². The number of nitrogens with zero attached hydrogens (tertiary/aromatic N) is 4. The molecular weight excluding hydrogens is 664 g/mol. The summed E-state index contributed by atoms with van der Waals surface area (Å²) in [5.41, 5.74) is -0.867. The summed E-state index contributed by atoms with van der Waals surface area (Å²) in [4.78, 5) is 42.8. The SMILES string of the molecule is CC(C)(C)OC(=O)Nc1sc2c(F)ccc(-c3c(F)cc4c5c3c(Cl)cn5CC[C@H]3CN(C(=O)OC(C)(C)C)CCN3C4=O)c2c1C#N. The van der Waals surface area contributed by atoms with Crippen LogP contribution in [0.25, 0.3) is 32.1 Å². The van der Waals surface area contributed by atoms with E-state index >= 15 is 8.78 Å². The van der Waals surface area contributed by atoms with Crippen molar-refractivity contribution >= 4 is 67.0 Å². The molecule has 0 unspecified atom stereocenters. The average molecular weight is 698 g/mol. The van der Waals surface area contributed by atoms with Crippen LogP contribution in [0.15, 0.2) is 24.4 Å². The monoisotopic (exact) mass is 697 g/mol. The van der Waals surface area contributed by atoms with Gasteiger partial charge in [-0.15, -0.1) is 11.3 Å². The van der Waals surface area contributed by atoms with Gasteiger partial charge in [0.05, 0.1) is 32.4 Å². The molecule has 4 heterocycles. The number of ether oxygens (including phenoxy) is 2. The topological polar surface area (TPSA) is 117 Å². The summed E-state index contributed by atoms with van der Waals surface area (Å²) >= 11 is 7.65. The van der Waals surface area contributed by atoms with Crippen molar-refractivity contribution in [2.75, 3.05) is 25.0 Å². The molecule has 14 heteroatoms. The normalized spacial score (nSPS) is 16.8. The Kier molecular flexibility index (Phi) is 8.32. The number of nitriles is 1. The van der Waals surface area contributed by atoms with Crippen LogP contribution in [0.4, 0.5) is 23.4 Å². The zero-order valence-electron chi connectivity index (χ0n) is 27.3. The number of piperazine rings is 1. The highest BCUT2D eigenvalue weighted by Crippen LogP contribution is 2.47. The van der Waals surface area contributed by atoms with Gasteiger partial charge in [-0.25, -0.2) is 18.4 Å². The molecule has 0 radical (unpaired) electrons. The molecule has 2 aromatic heterocycles. The number of hydrogen-bond acceptors (Lipinski definition) is 7. The highest BCUT2D eigenvalue weighted by Gasteiger charge is 2.38. The van der Waals surface area contributed by atoms with E-state index in [0.717, 1.165) is 17.4 Å². The molecule has 6 rings (SSSR count). The number of hydrogen-bond donors (Lipinski definition) is 1. The Morgan fingerprint density at radius 3 is 2.40 bits per heavy atom. The van der Waals surface area contributed by atoms with Gasteiger partial charge < -0.3 is 23.8 Å². The van der Waals surface area contributed by atoms with Gasteiger partial charge in [-0.05, 0) is 65.7 Å². The van der Waals surface area contributed by atoms with E-state index in [9.17, 15) is 19.6 Å². The van der Waals surface area contributed by atoms with E-state index in [0.29, 0.717) is 18.5 Å². The average Bonchev–Trinajstić information content (AvgIpc) is 3.51. The Labute approximate surface area is 284 Å². The van der Waals surface area contributed by atoms with Gasteiger partial charge in [0.25, 0.3) is 5.91 Å². The van der Waals surface area contributed by atoms with Crippen molar-refractivity contribution in [3.05, 3.63) is 52.2 Å². The molecule has 0 saturated carbocycles. The third-order valence-corrected chi connectivity index (χ3v) is 9.56. The predicted molar refractivity (Wildman–Crippen MR) is 180 cm³/mol. The number of anilines is 1. The van der Waals surface area contributed by atoms with E-state index in [-0.39, 0.29) is 73.4 Å². The number of thiophene rings is 1. The zero-order valence-corrected chi connectivity index (χ0v) is 28.9. The third-order valence-electron chi connectivity index (χ3n) is 8.16. The molecule has 2 aliphatic heterocycles. The van der Waals surface area contributed by atoms with Crippen LogP contribution in [0.2, 0.25) is 5.02 Å². The molecule has 48 heavy (non-hydrogen) atoms. The van der Waals surface area contributed by atoms with Crippen molar-refractivity contribution in [3.63, 3.8) is 0 Å². The summed E-state index contributed by atoms with van der Waals surface area (Å²) in [5.74, 6) is -1.86. The minimum Gasteiger partial charge on any atom is -0.444 e. The number of benzene rings is 2. The van der Waals surface area contributed by atoms with Crippen LogP contribution in [0.5, 0.6) is 0 Å². The second-order valence-electron chi connectivity index (χ2n) is 13.9. The second-order valence-corrected chi connectivity index (χ2v) is 15.3. The Morgan fingerprint density at radius 2 is 1.73 bits per heavy atom. The zero-order chi connectivity index (χ0) is 34.9. The largest absolute Gasteiger partial charge is 0.444 e. The Bertz CT molecular complexity index is 2060. The van der Waals surface area contributed by atoms with Crippen LogP contribution >= 0.6 is 22.9 Å². The molecule has 0 bridgehead atoms. The van der Waals surface area contributed by atoms with Crippen LogP contribution in [-0.4, -0.2) is 69.3 Å². The fourth-order valence-corrected chi connectivity index (χ4v) is 7.68. The highest BCUT2D eigenvalue weighted by atomic mass is 35.5. The van der Waals surface area contributed by atoms with Gasteiger partial charge in [-0.3, -0.25) is 10.1 Å². The molecule has 1 saturated heterocycles. The van der Waals surface area contributed by atoms with Crippen LogP contribution in [0.3, 0.4) is 0 Å². The molecule has 252 valence electrons. The molecule has 0 spiro atoms. The van der Waals surface area contributed by atoms with Crippen LogP contribution in [0, 0.1) is 23.0 Å². The molecular formula is C34H34ClF2N5O5S. The van der Waals surface area contributed by atoms with Gasteiger partial charge >= 0.3 is 12.2 Å². The maximum absolute atomic E-state index is 16.5. The molecule has 1 atom stereocenters. The first-order valence-corrected chi connectivity index (χ1v) is 16.6. The first-order chi connectivity index (χ1) is 22.5. The summed E-state index contributed by atoms with van der Waals surface area (Å²) in [7, 11) is 0. The maximum atomic E-state index is 16.5. The lowest BCUT2D eigenvalue weighted by atomic mass is 9.93.